The fraction of sp³-hybridized carbons (Fsp3) is 0.200. The number of fused-ring (bicyclic) bond motifs is 1. The second-order valence-corrected chi connectivity index (χ2v) is 7.73. The number of hydrogen-bond donors (Lipinski definition) is 1. The first-order valence-corrected chi connectivity index (χ1v) is 10.5. The van der Waals surface area contributed by atoms with Crippen molar-refractivity contribution < 1.29 is 18.9 Å². The van der Waals surface area contributed by atoms with Gasteiger partial charge in [0.25, 0.3) is 5.91 Å². The molecular formula is C25H23N3O5. The molecule has 0 fully saturated rings. The lowest BCUT2D eigenvalue weighted by Gasteiger charge is -2.07. The van der Waals surface area contributed by atoms with Crippen LogP contribution in [0.5, 0.6) is 5.75 Å². The van der Waals surface area contributed by atoms with E-state index in [1.54, 1.807) is 24.3 Å². The van der Waals surface area contributed by atoms with Gasteiger partial charge in [-0.15, -0.1) is 0 Å². The quantitative estimate of drug-likeness (QED) is 0.269. The first-order chi connectivity index (χ1) is 15.9. The molecule has 4 aromatic rings. The highest BCUT2D eigenvalue weighted by Gasteiger charge is 2.18. The van der Waals surface area contributed by atoms with Crippen molar-refractivity contribution in [2.45, 2.75) is 26.2 Å². The summed E-state index contributed by atoms with van der Waals surface area (Å²) in [7, 11) is 1.34. The number of nitro groups is 1. The van der Waals surface area contributed by atoms with Crippen molar-refractivity contribution in [3.63, 3.8) is 0 Å². The van der Waals surface area contributed by atoms with E-state index in [4.69, 9.17) is 9.15 Å². The number of carbonyl (C=O) groups is 1. The molecular weight excluding hydrogens is 422 g/mol. The molecule has 1 heterocycles. The molecule has 0 saturated heterocycles. The number of hydrogen-bond acceptors (Lipinski definition) is 6. The number of nitrogens with one attached hydrogen (secondary N) is 1. The molecule has 1 atom stereocenters. The summed E-state index contributed by atoms with van der Waals surface area (Å²) in [5, 5.41) is 13.9. The average Bonchev–Trinajstić information content (AvgIpc) is 3.26. The number of benzene rings is 3. The molecule has 3 aromatic carbocycles. The van der Waals surface area contributed by atoms with Crippen molar-refractivity contribution >= 4 is 28.4 Å². The third-order valence-corrected chi connectivity index (χ3v) is 5.62. The Hall–Kier alpha value is -4.20. The molecule has 0 bridgehead atoms. The van der Waals surface area contributed by atoms with Crippen LogP contribution in [0.15, 0.2) is 65.1 Å². The maximum Gasteiger partial charge on any atom is 0.311 e. The summed E-state index contributed by atoms with van der Waals surface area (Å²) in [6.45, 7) is 4.33. The number of ether oxygens (including phenoxy) is 1. The van der Waals surface area contributed by atoms with Gasteiger partial charge in [-0.05, 0) is 66.4 Å². The van der Waals surface area contributed by atoms with Gasteiger partial charge in [-0.25, -0.2) is 4.98 Å². The van der Waals surface area contributed by atoms with Gasteiger partial charge in [-0.1, -0.05) is 19.9 Å². The minimum absolute atomic E-state index is 0.0931. The van der Waals surface area contributed by atoms with Gasteiger partial charge in [0.05, 0.1) is 12.0 Å². The zero-order chi connectivity index (χ0) is 23.5. The van der Waals surface area contributed by atoms with Crippen molar-refractivity contribution in [2.24, 2.45) is 0 Å². The second-order valence-electron chi connectivity index (χ2n) is 7.73. The van der Waals surface area contributed by atoms with Crippen LogP contribution in [0.4, 0.5) is 11.4 Å². The summed E-state index contributed by atoms with van der Waals surface area (Å²) in [4.78, 5) is 27.8. The molecule has 8 heteroatoms. The SMILES string of the molecule is CCC(C)c1ccc2oc(-c3ccc(NC(=O)c4ccc(OC)c([N+](=O)[O-])c4)cc3)nc2c1. The van der Waals surface area contributed by atoms with Crippen molar-refractivity contribution in [1.82, 2.24) is 4.98 Å². The third-order valence-electron chi connectivity index (χ3n) is 5.62. The van der Waals surface area contributed by atoms with E-state index >= 15 is 0 Å². The smallest absolute Gasteiger partial charge is 0.311 e. The zero-order valence-corrected chi connectivity index (χ0v) is 18.5. The van der Waals surface area contributed by atoms with Gasteiger partial charge < -0.3 is 14.5 Å². The molecule has 0 saturated carbocycles. The maximum atomic E-state index is 12.6. The van der Waals surface area contributed by atoms with Crippen molar-refractivity contribution in [1.29, 1.82) is 0 Å². The molecule has 1 aromatic heterocycles. The summed E-state index contributed by atoms with van der Waals surface area (Å²) < 4.78 is 10.9. The normalized spacial score (nSPS) is 11.8. The monoisotopic (exact) mass is 445 g/mol. The molecule has 168 valence electrons. The number of aromatic nitrogens is 1. The van der Waals surface area contributed by atoms with Gasteiger partial charge in [0, 0.05) is 22.9 Å². The topological polar surface area (TPSA) is 108 Å². The van der Waals surface area contributed by atoms with Crippen LogP contribution in [0, 0.1) is 10.1 Å². The molecule has 1 amide bonds. The largest absolute Gasteiger partial charge is 0.490 e. The summed E-state index contributed by atoms with van der Waals surface area (Å²) >= 11 is 0. The highest BCUT2D eigenvalue weighted by molar-refractivity contribution is 6.05. The van der Waals surface area contributed by atoms with Crippen molar-refractivity contribution in [3.8, 4) is 17.2 Å². The van der Waals surface area contributed by atoms with Gasteiger partial charge in [0.2, 0.25) is 5.89 Å². The Bertz CT molecular complexity index is 1330. The summed E-state index contributed by atoms with van der Waals surface area (Å²) in [5.74, 6) is 0.572. The summed E-state index contributed by atoms with van der Waals surface area (Å²) in [6, 6.07) is 17.2. The van der Waals surface area contributed by atoms with Gasteiger partial charge in [0.1, 0.15) is 5.52 Å². The summed E-state index contributed by atoms with van der Waals surface area (Å²) in [6.07, 6.45) is 1.05. The molecule has 1 N–H and O–H groups in total. The first-order valence-electron chi connectivity index (χ1n) is 10.5. The van der Waals surface area contributed by atoms with Crippen LogP contribution < -0.4 is 10.1 Å². The lowest BCUT2D eigenvalue weighted by atomic mass is 9.98. The maximum absolute atomic E-state index is 12.6. The fourth-order valence-electron chi connectivity index (χ4n) is 3.48. The number of nitro benzene ring substituents is 1. The van der Waals surface area contributed by atoms with E-state index in [9.17, 15) is 14.9 Å². The molecule has 0 radical (unpaired) electrons. The van der Waals surface area contributed by atoms with E-state index in [2.05, 4.69) is 36.3 Å². The van der Waals surface area contributed by atoms with Crippen LogP contribution in [0.1, 0.15) is 42.1 Å². The fourth-order valence-corrected chi connectivity index (χ4v) is 3.48. The predicted octanol–water partition coefficient (Wildman–Crippen LogP) is 6.18. The predicted molar refractivity (Wildman–Crippen MR) is 126 cm³/mol. The van der Waals surface area contributed by atoms with Gasteiger partial charge >= 0.3 is 5.69 Å². The Morgan fingerprint density at radius 3 is 2.58 bits per heavy atom. The van der Waals surface area contributed by atoms with E-state index in [0.29, 0.717) is 17.5 Å². The standard InChI is InChI=1S/C25H23N3O5/c1-4-15(2)17-7-11-22-20(13-17)27-25(33-22)16-5-9-19(10-6-16)26-24(29)18-8-12-23(32-3)21(14-18)28(30)31/h5-15H,4H2,1-3H3,(H,26,29). The van der Waals surface area contributed by atoms with Crippen LogP contribution in [-0.4, -0.2) is 22.9 Å². The van der Waals surface area contributed by atoms with Gasteiger partial charge in [0.15, 0.2) is 11.3 Å². The number of carbonyl (C=O) groups excluding carboxylic acids is 1. The highest BCUT2D eigenvalue weighted by Crippen LogP contribution is 2.30. The number of oxazole rings is 1. The third kappa shape index (κ3) is 4.55. The number of amides is 1. The number of rotatable bonds is 7. The van der Waals surface area contributed by atoms with Crippen molar-refractivity contribution in [2.75, 3.05) is 12.4 Å². The van der Waals surface area contributed by atoms with Crippen molar-refractivity contribution in [3.05, 3.63) is 81.9 Å². The number of methoxy groups -OCH3 is 1. The van der Waals surface area contributed by atoms with E-state index in [0.717, 1.165) is 23.1 Å². The molecule has 4 rings (SSSR count). The molecule has 1 unspecified atom stereocenters. The Labute approximate surface area is 190 Å². The van der Waals surface area contributed by atoms with E-state index in [1.807, 2.05) is 6.07 Å². The average molecular weight is 445 g/mol. The first kappa shape index (κ1) is 22.0. The number of anilines is 1. The van der Waals surface area contributed by atoms with Crippen LogP contribution in [0.3, 0.4) is 0 Å². The molecule has 0 aliphatic rings. The molecule has 0 aliphatic heterocycles. The Balaban J connectivity index is 1.52. The van der Waals surface area contributed by atoms with Crippen LogP contribution in [-0.2, 0) is 0 Å². The highest BCUT2D eigenvalue weighted by atomic mass is 16.6. The lowest BCUT2D eigenvalue weighted by molar-refractivity contribution is -0.385. The Kier molecular flexibility index (Phi) is 6.08. The molecule has 8 nitrogen and oxygen atoms in total. The molecule has 33 heavy (non-hydrogen) atoms. The summed E-state index contributed by atoms with van der Waals surface area (Å²) in [5.41, 5.74) is 3.95. The van der Waals surface area contributed by atoms with E-state index in [-0.39, 0.29) is 17.0 Å². The molecule has 0 aliphatic carbocycles. The Morgan fingerprint density at radius 2 is 1.91 bits per heavy atom. The van der Waals surface area contributed by atoms with E-state index < -0.39 is 10.8 Å². The minimum atomic E-state index is -0.587. The lowest BCUT2D eigenvalue weighted by Crippen LogP contribution is -2.12. The molecule has 0 spiro atoms. The zero-order valence-electron chi connectivity index (χ0n) is 18.5. The van der Waals surface area contributed by atoms with Gasteiger partial charge in [-0.3, -0.25) is 14.9 Å². The van der Waals surface area contributed by atoms with Crippen LogP contribution in [0.25, 0.3) is 22.6 Å². The van der Waals surface area contributed by atoms with E-state index in [1.165, 1.54) is 30.9 Å². The minimum Gasteiger partial charge on any atom is -0.490 e. The van der Waals surface area contributed by atoms with Crippen LogP contribution in [0.2, 0.25) is 0 Å². The number of nitrogens with zero attached hydrogens (tertiary/aromatic N) is 2. The van der Waals surface area contributed by atoms with Crippen LogP contribution >= 0.6 is 0 Å². The van der Waals surface area contributed by atoms with Gasteiger partial charge in [-0.2, -0.15) is 0 Å². The Morgan fingerprint density at radius 1 is 1.15 bits per heavy atom. The second kappa shape index (κ2) is 9.12.